The molecule has 20 heavy (non-hydrogen) atoms. The largest absolute Gasteiger partial charge is 0.493 e. The van der Waals surface area contributed by atoms with E-state index in [1.807, 2.05) is 13.1 Å². The van der Waals surface area contributed by atoms with Crippen molar-refractivity contribution in [3.8, 4) is 11.5 Å². The summed E-state index contributed by atoms with van der Waals surface area (Å²) in [6.45, 7) is 2.35. The fraction of sp³-hybridized carbons (Fsp3) is 0.500. The third kappa shape index (κ3) is 4.02. The van der Waals surface area contributed by atoms with Crippen LogP contribution in [0, 0.1) is 0 Å². The van der Waals surface area contributed by atoms with Gasteiger partial charge in [-0.25, -0.2) is 0 Å². The molecule has 5 nitrogen and oxygen atoms in total. The van der Waals surface area contributed by atoms with Crippen molar-refractivity contribution in [1.29, 1.82) is 0 Å². The summed E-state index contributed by atoms with van der Waals surface area (Å²) >= 11 is 6.22. The molecule has 0 saturated heterocycles. The zero-order valence-corrected chi connectivity index (χ0v) is 13.2. The fourth-order valence-corrected chi connectivity index (χ4v) is 2.06. The van der Waals surface area contributed by atoms with Gasteiger partial charge in [0.2, 0.25) is 0 Å². The summed E-state index contributed by atoms with van der Waals surface area (Å²) in [5.74, 6) is 0.764. The standard InChI is InChI=1S/C14H21ClN2O3/c1-9(14(18)17(3)4)20-13-11(15)6-10(8-16-2)7-12(13)19-5/h6-7,9,16H,8H2,1-5H3. The molecule has 0 fully saturated rings. The predicted octanol–water partition coefficient (Wildman–Crippen LogP) is 1.92. The number of likely N-dealkylation sites (N-methyl/N-ethyl adjacent to an activating group) is 1. The van der Waals surface area contributed by atoms with Gasteiger partial charge in [0, 0.05) is 20.6 Å². The Labute approximate surface area is 124 Å². The number of nitrogens with zero attached hydrogens (tertiary/aromatic N) is 1. The molecule has 1 N–H and O–H groups in total. The van der Waals surface area contributed by atoms with Gasteiger partial charge in [-0.3, -0.25) is 4.79 Å². The van der Waals surface area contributed by atoms with Crippen molar-refractivity contribution in [1.82, 2.24) is 10.2 Å². The molecule has 0 heterocycles. The first-order valence-corrected chi connectivity index (χ1v) is 6.67. The summed E-state index contributed by atoms with van der Waals surface area (Å²) in [7, 11) is 6.75. The molecule has 1 rings (SSSR count). The van der Waals surface area contributed by atoms with E-state index >= 15 is 0 Å². The fourth-order valence-electron chi connectivity index (χ4n) is 1.78. The number of rotatable bonds is 6. The molecule has 0 saturated carbocycles. The highest BCUT2D eigenvalue weighted by Gasteiger charge is 2.21. The van der Waals surface area contributed by atoms with E-state index < -0.39 is 6.10 Å². The van der Waals surface area contributed by atoms with E-state index in [4.69, 9.17) is 21.1 Å². The van der Waals surface area contributed by atoms with Crippen molar-refractivity contribution in [3.05, 3.63) is 22.7 Å². The average molecular weight is 301 g/mol. The van der Waals surface area contributed by atoms with Crippen LogP contribution < -0.4 is 14.8 Å². The van der Waals surface area contributed by atoms with Crippen LogP contribution in [0.5, 0.6) is 11.5 Å². The number of carbonyl (C=O) groups excluding carboxylic acids is 1. The molecule has 0 radical (unpaired) electrons. The average Bonchev–Trinajstić information content (AvgIpc) is 2.40. The summed E-state index contributed by atoms with van der Waals surface area (Å²) in [6, 6.07) is 3.63. The van der Waals surface area contributed by atoms with Gasteiger partial charge < -0.3 is 19.7 Å². The van der Waals surface area contributed by atoms with Crippen LogP contribution >= 0.6 is 11.6 Å². The molecule has 112 valence electrons. The van der Waals surface area contributed by atoms with Gasteiger partial charge in [0.05, 0.1) is 12.1 Å². The molecule has 1 amide bonds. The molecular weight excluding hydrogens is 280 g/mol. The normalized spacial score (nSPS) is 11.9. The van der Waals surface area contributed by atoms with Gasteiger partial charge in [-0.2, -0.15) is 0 Å². The van der Waals surface area contributed by atoms with Gasteiger partial charge in [0.25, 0.3) is 5.91 Å². The van der Waals surface area contributed by atoms with Crippen LogP contribution in [0.1, 0.15) is 12.5 Å². The molecule has 1 aromatic carbocycles. The van der Waals surface area contributed by atoms with E-state index in [2.05, 4.69) is 5.32 Å². The lowest BCUT2D eigenvalue weighted by Gasteiger charge is -2.21. The molecule has 0 aliphatic rings. The summed E-state index contributed by atoms with van der Waals surface area (Å²) in [4.78, 5) is 13.3. The minimum atomic E-state index is -0.633. The summed E-state index contributed by atoms with van der Waals surface area (Å²) in [5, 5.41) is 3.46. The molecule has 0 bridgehead atoms. The summed E-state index contributed by atoms with van der Waals surface area (Å²) in [5.41, 5.74) is 0.980. The second-order valence-corrected chi connectivity index (χ2v) is 5.04. The first kappa shape index (κ1) is 16.6. The molecule has 1 atom stereocenters. The van der Waals surface area contributed by atoms with E-state index in [-0.39, 0.29) is 5.91 Å². The van der Waals surface area contributed by atoms with Gasteiger partial charge >= 0.3 is 0 Å². The van der Waals surface area contributed by atoms with Crippen LogP contribution in [0.4, 0.5) is 0 Å². The van der Waals surface area contributed by atoms with Gasteiger partial charge in [-0.05, 0) is 31.7 Å². The van der Waals surface area contributed by atoms with Crippen LogP contribution in [-0.2, 0) is 11.3 Å². The Hall–Kier alpha value is -1.46. The molecule has 0 spiro atoms. The first-order valence-electron chi connectivity index (χ1n) is 6.29. The first-order chi connectivity index (χ1) is 9.40. The quantitative estimate of drug-likeness (QED) is 0.872. The Kier molecular flexibility index (Phi) is 6.10. The van der Waals surface area contributed by atoms with Crippen LogP contribution in [-0.4, -0.2) is 45.2 Å². The van der Waals surface area contributed by atoms with Crippen LogP contribution in [0.25, 0.3) is 0 Å². The number of methoxy groups -OCH3 is 1. The van der Waals surface area contributed by atoms with E-state index in [0.717, 1.165) is 5.56 Å². The monoisotopic (exact) mass is 300 g/mol. The van der Waals surface area contributed by atoms with Gasteiger partial charge in [-0.1, -0.05) is 11.6 Å². The smallest absolute Gasteiger partial charge is 0.262 e. The van der Waals surface area contributed by atoms with Gasteiger partial charge in [0.15, 0.2) is 17.6 Å². The Morgan fingerprint density at radius 2 is 2.10 bits per heavy atom. The van der Waals surface area contributed by atoms with E-state index in [1.165, 1.54) is 4.90 Å². The topological polar surface area (TPSA) is 50.8 Å². The zero-order valence-electron chi connectivity index (χ0n) is 12.5. The van der Waals surface area contributed by atoms with E-state index in [9.17, 15) is 4.79 Å². The molecule has 1 aromatic rings. The van der Waals surface area contributed by atoms with Crippen molar-refractivity contribution in [2.45, 2.75) is 19.6 Å². The maximum absolute atomic E-state index is 11.8. The lowest BCUT2D eigenvalue weighted by molar-refractivity contribution is -0.135. The predicted molar refractivity (Wildman–Crippen MR) is 79.6 cm³/mol. The minimum absolute atomic E-state index is 0.137. The second kappa shape index (κ2) is 7.36. The third-order valence-corrected chi connectivity index (χ3v) is 3.03. The van der Waals surface area contributed by atoms with Crippen LogP contribution in [0.3, 0.4) is 0 Å². The molecule has 1 unspecified atom stereocenters. The van der Waals surface area contributed by atoms with Gasteiger partial charge in [0.1, 0.15) is 0 Å². The van der Waals surface area contributed by atoms with Crippen molar-refractivity contribution in [2.24, 2.45) is 0 Å². The number of halogens is 1. The Morgan fingerprint density at radius 1 is 1.45 bits per heavy atom. The molecular formula is C14H21ClN2O3. The second-order valence-electron chi connectivity index (χ2n) is 4.63. The maximum Gasteiger partial charge on any atom is 0.262 e. The highest BCUT2D eigenvalue weighted by Crippen LogP contribution is 2.37. The molecule has 0 aliphatic carbocycles. The lowest BCUT2D eigenvalue weighted by atomic mass is 10.2. The molecule has 0 aliphatic heterocycles. The maximum atomic E-state index is 11.8. The molecule has 0 aromatic heterocycles. The number of carbonyl (C=O) groups is 1. The Morgan fingerprint density at radius 3 is 2.60 bits per heavy atom. The zero-order chi connectivity index (χ0) is 15.3. The highest BCUT2D eigenvalue weighted by molar-refractivity contribution is 6.32. The highest BCUT2D eigenvalue weighted by atomic mass is 35.5. The number of amides is 1. The Balaban J connectivity index is 3.02. The lowest BCUT2D eigenvalue weighted by Crippen LogP contribution is -2.35. The number of hydrogen-bond donors (Lipinski definition) is 1. The Bertz CT molecular complexity index is 478. The van der Waals surface area contributed by atoms with E-state index in [1.54, 1.807) is 34.2 Å². The number of nitrogens with one attached hydrogen (secondary N) is 1. The van der Waals surface area contributed by atoms with Crippen molar-refractivity contribution >= 4 is 17.5 Å². The number of hydrogen-bond acceptors (Lipinski definition) is 4. The third-order valence-electron chi connectivity index (χ3n) is 2.75. The van der Waals surface area contributed by atoms with Crippen LogP contribution in [0.2, 0.25) is 5.02 Å². The number of ether oxygens (including phenoxy) is 2. The van der Waals surface area contributed by atoms with E-state index in [0.29, 0.717) is 23.1 Å². The SMILES string of the molecule is CNCc1cc(Cl)c(OC(C)C(=O)N(C)C)c(OC)c1. The van der Waals surface area contributed by atoms with Crippen molar-refractivity contribution in [2.75, 3.05) is 28.3 Å². The summed E-state index contributed by atoms with van der Waals surface area (Å²) in [6.07, 6.45) is -0.633. The van der Waals surface area contributed by atoms with Gasteiger partial charge in [-0.15, -0.1) is 0 Å². The number of benzene rings is 1. The van der Waals surface area contributed by atoms with Crippen molar-refractivity contribution < 1.29 is 14.3 Å². The molecule has 6 heteroatoms. The minimum Gasteiger partial charge on any atom is -0.493 e. The van der Waals surface area contributed by atoms with Crippen molar-refractivity contribution in [3.63, 3.8) is 0 Å². The van der Waals surface area contributed by atoms with Crippen LogP contribution in [0.15, 0.2) is 12.1 Å². The summed E-state index contributed by atoms with van der Waals surface area (Å²) < 4.78 is 10.9.